The van der Waals surface area contributed by atoms with Crippen molar-refractivity contribution in [3.63, 3.8) is 0 Å². The molecule has 2 N–H and O–H groups in total. The Morgan fingerprint density at radius 3 is 1.18 bits per heavy atom. The van der Waals surface area contributed by atoms with Crippen LogP contribution in [0.15, 0.2) is 72.8 Å². The maximum absolute atomic E-state index is 12.2. The fraction of sp³-hybridized carbons (Fsp3) is 0.0909. The van der Waals surface area contributed by atoms with E-state index in [1.807, 2.05) is 0 Å². The van der Waals surface area contributed by atoms with Crippen LogP contribution in [-0.2, 0) is 13.2 Å². The van der Waals surface area contributed by atoms with Gasteiger partial charge in [-0.15, -0.1) is 0 Å². The van der Waals surface area contributed by atoms with Crippen LogP contribution in [0.5, 0.6) is 11.5 Å². The Morgan fingerprint density at radius 2 is 0.893 bits per heavy atom. The van der Waals surface area contributed by atoms with Crippen molar-refractivity contribution in [2.75, 3.05) is 0 Å². The fourth-order valence-corrected chi connectivity index (χ4v) is 2.40. The van der Waals surface area contributed by atoms with Crippen LogP contribution in [0, 0.1) is 0 Å². The third-order valence-corrected chi connectivity index (χ3v) is 3.99. The zero-order chi connectivity index (χ0) is 19.9. The van der Waals surface area contributed by atoms with Crippen molar-refractivity contribution in [1.29, 1.82) is 0 Å². The number of hydrogen-bond acceptors (Lipinski definition) is 6. The van der Waals surface area contributed by atoms with Gasteiger partial charge in [-0.3, -0.25) is 0 Å². The second-order valence-corrected chi connectivity index (χ2v) is 5.96. The maximum Gasteiger partial charge on any atom is 0.343 e. The summed E-state index contributed by atoms with van der Waals surface area (Å²) < 4.78 is 10.5. The van der Waals surface area contributed by atoms with Crippen LogP contribution >= 0.6 is 0 Å². The first-order valence-corrected chi connectivity index (χ1v) is 8.53. The average Bonchev–Trinajstić information content (AvgIpc) is 2.75. The molecular weight excluding hydrogens is 360 g/mol. The Bertz CT molecular complexity index is 863. The quantitative estimate of drug-likeness (QED) is 0.506. The summed E-state index contributed by atoms with van der Waals surface area (Å²) in [4.78, 5) is 24.4. The lowest BCUT2D eigenvalue weighted by atomic mass is 10.1. The second-order valence-electron chi connectivity index (χ2n) is 5.96. The number of benzene rings is 3. The Labute approximate surface area is 161 Å². The average molecular weight is 378 g/mol. The molecular formula is C22H18O6. The highest BCUT2D eigenvalue weighted by atomic mass is 16.5. The van der Waals surface area contributed by atoms with E-state index in [4.69, 9.17) is 19.7 Å². The van der Waals surface area contributed by atoms with Gasteiger partial charge in [-0.1, -0.05) is 24.3 Å². The second kappa shape index (κ2) is 8.94. The maximum atomic E-state index is 12.2. The molecule has 0 aliphatic rings. The zero-order valence-corrected chi connectivity index (χ0v) is 14.9. The summed E-state index contributed by atoms with van der Waals surface area (Å²) in [5.74, 6) is -0.401. The lowest BCUT2D eigenvalue weighted by Crippen LogP contribution is -2.11. The molecule has 6 nitrogen and oxygen atoms in total. The van der Waals surface area contributed by atoms with E-state index < -0.39 is 11.9 Å². The third-order valence-electron chi connectivity index (χ3n) is 3.99. The minimum atomic E-state index is -0.559. The van der Waals surface area contributed by atoms with Gasteiger partial charge in [-0.2, -0.15) is 0 Å². The van der Waals surface area contributed by atoms with Crippen LogP contribution in [0.25, 0.3) is 0 Å². The molecule has 0 saturated heterocycles. The molecule has 3 aromatic rings. The van der Waals surface area contributed by atoms with Crippen molar-refractivity contribution in [3.05, 3.63) is 95.1 Å². The van der Waals surface area contributed by atoms with Gasteiger partial charge in [-0.05, 0) is 59.7 Å². The number of rotatable bonds is 6. The van der Waals surface area contributed by atoms with E-state index >= 15 is 0 Å². The summed E-state index contributed by atoms with van der Waals surface area (Å²) in [5, 5.41) is 18.0. The first kappa shape index (κ1) is 19.3. The number of hydrogen-bond donors (Lipinski definition) is 2. The molecule has 0 unspecified atom stereocenters. The molecule has 28 heavy (non-hydrogen) atoms. The molecule has 0 amide bonds. The summed E-state index contributed by atoms with van der Waals surface area (Å²) >= 11 is 0. The molecule has 6 heteroatoms. The van der Waals surface area contributed by atoms with Crippen molar-refractivity contribution in [2.45, 2.75) is 13.2 Å². The van der Waals surface area contributed by atoms with Gasteiger partial charge in [-0.25, -0.2) is 9.59 Å². The summed E-state index contributed by atoms with van der Waals surface area (Å²) in [5.41, 5.74) is 2.01. The predicted octanol–water partition coefficient (Wildman–Crippen LogP) is 3.11. The Balaban J connectivity index is 1.62. The SMILES string of the molecule is O=C(Oc1ccc(CO)cc1)c1ccc(C(=O)Oc2ccc(CO)cc2)cc1. The fourth-order valence-electron chi connectivity index (χ4n) is 2.40. The van der Waals surface area contributed by atoms with Crippen molar-refractivity contribution in [3.8, 4) is 11.5 Å². The van der Waals surface area contributed by atoms with E-state index in [-0.39, 0.29) is 24.3 Å². The van der Waals surface area contributed by atoms with Crippen molar-refractivity contribution < 1.29 is 29.3 Å². The van der Waals surface area contributed by atoms with Crippen LogP contribution in [0.1, 0.15) is 31.8 Å². The number of ether oxygens (including phenoxy) is 2. The molecule has 0 aliphatic heterocycles. The molecule has 142 valence electrons. The largest absolute Gasteiger partial charge is 0.423 e. The molecule has 0 atom stereocenters. The molecule has 0 fully saturated rings. The first-order chi connectivity index (χ1) is 13.6. The molecule has 0 aliphatic carbocycles. The van der Waals surface area contributed by atoms with Crippen LogP contribution in [0.4, 0.5) is 0 Å². The first-order valence-electron chi connectivity index (χ1n) is 8.53. The number of esters is 2. The van der Waals surface area contributed by atoms with Gasteiger partial charge in [0.25, 0.3) is 0 Å². The number of carbonyl (C=O) groups is 2. The van der Waals surface area contributed by atoms with Crippen LogP contribution in [0.3, 0.4) is 0 Å². The number of aliphatic hydroxyl groups excluding tert-OH is 2. The molecule has 0 bridgehead atoms. The smallest absolute Gasteiger partial charge is 0.343 e. The van der Waals surface area contributed by atoms with Crippen LogP contribution in [-0.4, -0.2) is 22.2 Å². The Kier molecular flexibility index (Phi) is 6.16. The minimum absolute atomic E-state index is 0.0859. The number of carbonyl (C=O) groups excluding carboxylic acids is 2. The molecule has 3 rings (SSSR count). The monoisotopic (exact) mass is 378 g/mol. The summed E-state index contributed by atoms with van der Waals surface area (Å²) in [6.07, 6.45) is 0. The highest BCUT2D eigenvalue weighted by Gasteiger charge is 2.12. The molecule has 0 spiro atoms. The topological polar surface area (TPSA) is 93.1 Å². The van der Waals surface area contributed by atoms with Gasteiger partial charge < -0.3 is 19.7 Å². The standard InChI is InChI=1S/C22H18O6/c23-13-15-1-9-19(10-2-15)27-21(25)17-5-7-18(8-6-17)22(26)28-20-11-3-16(14-24)4-12-20/h1-12,23-24H,13-14H2. The van der Waals surface area contributed by atoms with Crippen molar-refractivity contribution in [2.24, 2.45) is 0 Å². The summed E-state index contributed by atoms with van der Waals surface area (Å²) in [7, 11) is 0. The predicted molar refractivity (Wildman–Crippen MR) is 101 cm³/mol. The molecule has 0 aromatic heterocycles. The van der Waals surface area contributed by atoms with Gasteiger partial charge >= 0.3 is 11.9 Å². The van der Waals surface area contributed by atoms with Gasteiger partial charge in [0.15, 0.2) is 0 Å². The van der Waals surface area contributed by atoms with E-state index in [1.54, 1.807) is 48.5 Å². The van der Waals surface area contributed by atoms with E-state index in [2.05, 4.69) is 0 Å². The van der Waals surface area contributed by atoms with Gasteiger partial charge in [0.2, 0.25) is 0 Å². The Morgan fingerprint density at radius 1 is 0.571 bits per heavy atom. The molecule has 0 saturated carbocycles. The normalized spacial score (nSPS) is 10.4. The van der Waals surface area contributed by atoms with Crippen molar-refractivity contribution in [1.82, 2.24) is 0 Å². The van der Waals surface area contributed by atoms with Crippen molar-refractivity contribution >= 4 is 11.9 Å². The van der Waals surface area contributed by atoms with Gasteiger partial charge in [0.05, 0.1) is 24.3 Å². The highest BCUT2D eigenvalue weighted by molar-refractivity contribution is 5.94. The summed E-state index contributed by atoms with van der Waals surface area (Å²) in [6, 6.07) is 19.0. The Hall–Kier alpha value is -3.48. The van der Waals surface area contributed by atoms with E-state index in [1.165, 1.54) is 24.3 Å². The molecule has 0 radical (unpaired) electrons. The van der Waals surface area contributed by atoms with Gasteiger partial charge in [0.1, 0.15) is 11.5 Å². The molecule has 3 aromatic carbocycles. The van der Waals surface area contributed by atoms with Crippen LogP contribution < -0.4 is 9.47 Å². The zero-order valence-electron chi connectivity index (χ0n) is 14.9. The van der Waals surface area contributed by atoms with E-state index in [9.17, 15) is 9.59 Å². The third kappa shape index (κ3) is 4.82. The van der Waals surface area contributed by atoms with Crippen LogP contribution in [0.2, 0.25) is 0 Å². The molecule has 0 heterocycles. The number of aliphatic hydroxyl groups is 2. The lowest BCUT2D eigenvalue weighted by molar-refractivity contribution is 0.0720. The lowest BCUT2D eigenvalue weighted by Gasteiger charge is -2.07. The summed E-state index contributed by atoms with van der Waals surface area (Å²) in [6.45, 7) is -0.172. The minimum Gasteiger partial charge on any atom is -0.423 e. The highest BCUT2D eigenvalue weighted by Crippen LogP contribution is 2.17. The van der Waals surface area contributed by atoms with Gasteiger partial charge in [0, 0.05) is 0 Å². The van der Waals surface area contributed by atoms with E-state index in [0.29, 0.717) is 22.6 Å². The van der Waals surface area contributed by atoms with E-state index in [0.717, 1.165) is 0 Å².